The summed E-state index contributed by atoms with van der Waals surface area (Å²) in [7, 11) is 2.88. The number of hydrogen-bond donors (Lipinski definition) is 1. The lowest BCUT2D eigenvalue weighted by atomic mass is 10.2. The summed E-state index contributed by atoms with van der Waals surface area (Å²) in [6.45, 7) is 5.65. The summed E-state index contributed by atoms with van der Waals surface area (Å²) in [4.78, 5) is 24.9. The Kier molecular flexibility index (Phi) is 9.74. The number of azo groups is 1. The van der Waals surface area contributed by atoms with Gasteiger partial charge < -0.3 is 24.3 Å². The number of ether oxygens (including phenoxy) is 4. The zero-order valence-electron chi connectivity index (χ0n) is 18.9. The maximum atomic E-state index is 12.7. The van der Waals surface area contributed by atoms with Gasteiger partial charge in [0.05, 0.1) is 43.2 Å². The highest BCUT2D eigenvalue weighted by Crippen LogP contribution is 2.40. The van der Waals surface area contributed by atoms with Crippen molar-refractivity contribution in [2.24, 2.45) is 10.2 Å². The van der Waals surface area contributed by atoms with Crippen LogP contribution in [0.25, 0.3) is 0 Å². The fourth-order valence-electron chi connectivity index (χ4n) is 2.80. The number of hydrogen-bond acceptors (Lipinski definition) is 8. The molecule has 1 atom stereocenters. The minimum absolute atomic E-state index is 0.223. The summed E-state index contributed by atoms with van der Waals surface area (Å²) < 4.78 is 21.5. The normalized spacial score (nSPS) is 11.7. The van der Waals surface area contributed by atoms with Crippen molar-refractivity contribution in [2.45, 2.75) is 26.8 Å². The largest absolute Gasteiger partial charge is 0.493 e. The average molecular weight is 498 g/mol. The van der Waals surface area contributed by atoms with E-state index in [1.807, 2.05) is 13.8 Å². The van der Waals surface area contributed by atoms with E-state index in [4.69, 9.17) is 42.1 Å². The molecule has 0 aliphatic heterocycles. The number of halogens is 2. The van der Waals surface area contributed by atoms with E-state index in [0.29, 0.717) is 47.6 Å². The molecule has 0 saturated carbocycles. The van der Waals surface area contributed by atoms with Crippen LogP contribution >= 0.6 is 23.2 Å². The predicted molar refractivity (Wildman–Crippen MR) is 126 cm³/mol. The molecule has 0 saturated heterocycles. The van der Waals surface area contributed by atoms with E-state index in [2.05, 4.69) is 15.5 Å². The zero-order chi connectivity index (χ0) is 24.5. The Labute approximate surface area is 202 Å². The van der Waals surface area contributed by atoms with Gasteiger partial charge in [-0.2, -0.15) is 10.2 Å². The molecule has 0 aliphatic rings. The van der Waals surface area contributed by atoms with Gasteiger partial charge in [-0.15, -0.1) is 0 Å². The molecule has 2 aromatic carbocycles. The number of Topliss-reactive ketones (excluding diaryl/α,β-unsaturated/α-hetero) is 1. The first-order valence-corrected chi connectivity index (χ1v) is 10.7. The molecule has 0 aliphatic carbocycles. The number of methoxy groups -OCH3 is 2. The van der Waals surface area contributed by atoms with Gasteiger partial charge in [0.1, 0.15) is 0 Å². The van der Waals surface area contributed by atoms with Gasteiger partial charge in [0.15, 0.2) is 28.8 Å². The van der Waals surface area contributed by atoms with Crippen molar-refractivity contribution in [3.05, 3.63) is 34.3 Å². The fraction of sp³-hybridized carbons (Fsp3) is 0.364. The smallest absolute Gasteiger partial charge is 0.258 e. The number of nitrogens with zero attached hydrogens (tertiary/aromatic N) is 2. The first-order chi connectivity index (χ1) is 15.7. The minimum atomic E-state index is -1.40. The second-order valence-electron chi connectivity index (χ2n) is 6.53. The first kappa shape index (κ1) is 26.2. The van der Waals surface area contributed by atoms with Crippen molar-refractivity contribution in [2.75, 3.05) is 32.8 Å². The Morgan fingerprint density at radius 3 is 2.18 bits per heavy atom. The molecule has 9 nitrogen and oxygen atoms in total. The van der Waals surface area contributed by atoms with Crippen LogP contribution in [0.5, 0.6) is 23.0 Å². The van der Waals surface area contributed by atoms with Crippen molar-refractivity contribution in [3.63, 3.8) is 0 Å². The highest BCUT2D eigenvalue weighted by Gasteiger charge is 2.24. The van der Waals surface area contributed by atoms with Gasteiger partial charge >= 0.3 is 0 Å². The van der Waals surface area contributed by atoms with Crippen molar-refractivity contribution in [1.82, 2.24) is 0 Å². The van der Waals surface area contributed by atoms with Crippen molar-refractivity contribution in [1.29, 1.82) is 0 Å². The molecule has 11 heteroatoms. The Balaban J connectivity index is 2.30. The molecule has 0 aromatic heterocycles. The number of carbonyl (C=O) groups is 2. The number of ketones is 1. The summed E-state index contributed by atoms with van der Waals surface area (Å²) in [5.74, 6) is 0.184. The van der Waals surface area contributed by atoms with Crippen molar-refractivity contribution >= 4 is 46.3 Å². The van der Waals surface area contributed by atoms with Gasteiger partial charge in [-0.25, -0.2) is 0 Å². The number of anilines is 1. The summed E-state index contributed by atoms with van der Waals surface area (Å²) >= 11 is 12.4. The molecule has 2 aromatic rings. The lowest BCUT2D eigenvalue weighted by Crippen LogP contribution is -2.31. The molecule has 0 fully saturated rings. The number of benzene rings is 2. The van der Waals surface area contributed by atoms with E-state index in [-0.39, 0.29) is 10.0 Å². The standard InChI is InChI=1S/C22H25Cl2N3O6/c1-6-32-18-11-14(9-16(24)21(18)33-7-2)26-27-19(12(3)28)22(29)25-13-8-15(23)20(31-5)17(10-13)30-4/h8-11,19H,6-7H2,1-5H3,(H,25,29). The van der Waals surface area contributed by atoms with E-state index in [9.17, 15) is 9.59 Å². The summed E-state index contributed by atoms with van der Waals surface area (Å²) in [6, 6.07) is 4.64. The van der Waals surface area contributed by atoms with Gasteiger partial charge in [0, 0.05) is 17.8 Å². The molecule has 0 heterocycles. The number of rotatable bonds is 11. The van der Waals surface area contributed by atoms with Gasteiger partial charge in [0.25, 0.3) is 5.91 Å². The van der Waals surface area contributed by atoms with Crippen molar-refractivity contribution in [3.8, 4) is 23.0 Å². The minimum Gasteiger partial charge on any atom is -0.493 e. The topological polar surface area (TPSA) is 108 Å². The zero-order valence-corrected chi connectivity index (χ0v) is 20.4. The quantitative estimate of drug-likeness (QED) is 0.324. The number of nitrogens with one attached hydrogen (secondary N) is 1. The number of carbonyl (C=O) groups excluding carboxylic acids is 2. The van der Waals surface area contributed by atoms with E-state index in [1.165, 1.54) is 39.3 Å². The average Bonchev–Trinajstić information content (AvgIpc) is 2.75. The van der Waals surface area contributed by atoms with Gasteiger partial charge in [-0.1, -0.05) is 23.2 Å². The van der Waals surface area contributed by atoms with E-state index >= 15 is 0 Å². The molecule has 0 radical (unpaired) electrons. The van der Waals surface area contributed by atoms with Crippen LogP contribution in [0.3, 0.4) is 0 Å². The maximum absolute atomic E-state index is 12.7. The Bertz CT molecular complexity index is 1050. The third-order valence-electron chi connectivity index (χ3n) is 4.21. The Morgan fingerprint density at radius 2 is 1.61 bits per heavy atom. The van der Waals surface area contributed by atoms with Crippen LogP contribution in [-0.2, 0) is 9.59 Å². The third-order valence-corrected chi connectivity index (χ3v) is 4.77. The van der Waals surface area contributed by atoms with E-state index < -0.39 is 17.7 Å². The van der Waals surface area contributed by atoms with E-state index in [1.54, 1.807) is 6.07 Å². The first-order valence-electron chi connectivity index (χ1n) is 9.98. The molecule has 1 N–H and O–H groups in total. The van der Waals surface area contributed by atoms with Crippen LogP contribution < -0.4 is 24.3 Å². The summed E-state index contributed by atoms with van der Waals surface area (Å²) in [5.41, 5.74) is 0.590. The van der Waals surface area contributed by atoms with Gasteiger partial charge in [-0.05, 0) is 32.9 Å². The highest BCUT2D eigenvalue weighted by molar-refractivity contribution is 6.33. The summed E-state index contributed by atoms with van der Waals surface area (Å²) in [6.07, 6.45) is 0. The Morgan fingerprint density at radius 1 is 0.939 bits per heavy atom. The number of amides is 1. The SMILES string of the molecule is CCOc1cc(N=NC(C(C)=O)C(=O)Nc2cc(Cl)c(OC)c(OC)c2)cc(Cl)c1OCC. The van der Waals surface area contributed by atoms with Crippen LogP contribution in [-0.4, -0.2) is 45.2 Å². The monoisotopic (exact) mass is 497 g/mol. The fourth-order valence-corrected chi connectivity index (χ4v) is 3.35. The molecule has 33 heavy (non-hydrogen) atoms. The van der Waals surface area contributed by atoms with Crippen LogP contribution in [0.4, 0.5) is 11.4 Å². The molecule has 1 unspecified atom stereocenters. The van der Waals surface area contributed by atoms with E-state index in [0.717, 1.165) is 0 Å². The van der Waals surface area contributed by atoms with Crippen molar-refractivity contribution < 1.29 is 28.5 Å². The summed E-state index contributed by atoms with van der Waals surface area (Å²) in [5, 5.41) is 11.0. The molecule has 2 rings (SSSR count). The molecular weight excluding hydrogens is 473 g/mol. The van der Waals surface area contributed by atoms with Gasteiger partial charge in [0.2, 0.25) is 6.04 Å². The third kappa shape index (κ3) is 6.72. The molecular formula is C22H25Cl2N3O6. The second kappa shape index (κ2) is 12.3. The second-order valence-corrected chi connectivity index (χ2v) is 7.35. The van der Waals surface area contributed by atoms with Crippen LogP contribution in [0.1, 0.15) is 20.8 Å². The molecule has 1 amide bonds. The van der Waals surface area contributed by atoms with Crippen LogP contribution in [0, 0.1) is 0 Å². The molecule has 178 valence electrons. The molecule has 0 bridgehead atoms. The molecule has 0 spiro atoms. The lowest BCUT2D eigenvalue weighted by Gasteiger charge is -2.14. The predicted octanol–water partition coefficient (Wildman–Crippen LogP) is 5.49. The van der Waals surface area contributed by atoms with Crippen LogP contribution in [0.2, 0.25) is 10.0 Å². The Hall–Kier alpha value is -3.04. The van der Waals surface area contributed by atoms with Gasteiger partial charge in [-0.3, -0.25) is 9.59 Å². The van der Waals surface area contributed by atoms with Crippen LogP contribution in [0.15, 0.2) is 34.5 Å². The maximum Gasteiger partial charge on any atom is 0.258 e. The lowest BCUT2D eigenvalue weighted by molar-refractivity contribution is -0.126. The highest BCUT2D eigenvalue weighted by atomic mass is 35.5.